The normalized spacial score (nSPS) is 19.1. The smallest absolute Gasteiger partial charge is 0.344 e. The van der Waals surface area contributed by atoms with Crippen LogP contribution in [-0.4, -0.2) is 46.0 Å². The Morgan fingerprint density at radius 1 is 1.54 bits per heavy atom. The van der Waals surface area contributed by atoms with E-state index in [1.165, 1.54) is 11.0 Å². The highest BCUT2D eigenvalue weighted by Gasteiger charge is 2.11. The first-order valence-corrected chi connectivity index (χ1v) is 4.27. The van der Waals surface area contributed by atoms with E-state index in [0.717, 1.165) is 26.3 Å². The summed E-state index contributed by atoms with van der Waals surface area (Å²) in [6.45, 7) is 3.74. The van der Waals surface area contributed by atoms with E-state index in [1.807, 2.05) is 0 Å². The Morgan fingerprint density at radius 3 is 2.92 bits per heavy atom. The van der Waals surface area contributed by atoms with Gasteiger partial charge >= 0.3 is 5.69 Å². The molecule has 6 nitrogen and oxygen atoms in total. The third-order valence-corrected chi connectivity index (χ3v) is 2.06. The Hall–Kier alpha value is -1.14. The average Bonchev–Trinajstić information content (AvgIpc) is 2.54. The monoisotopic (exact) mass is 184 g/mol. The van der Waals surface area contributed by atoms with E-state index in [9.17, 15) is 4.79 Å². The first-order chi connectivity index (χ1) is 6.36. The molecule has 0 amide bonds. The molecule has 0 aliphatic carbocycles. The molecule has 0 spiro atoms. The lowest BCUT2D eigenvalue weighted by molar-refractivity contribution is 0.0206. The zero-order valence-electron chi connectivity index (χ0n) is 7.27. The standard InChI is InChI=1S/C7H12N4O2/c12-7-8-5-9-11(7)6-10-1-3-13-4-2-10/h5H,1-4,6H2,(H,8,9,12). The number of nitrogens with one attached hydrogen (secondary N) is 1. The van der Waals surface area contributed by atoms with Crippen molar-refractivity contribution in [2.75, 3.05) is 26.3 Å². The molecule has 0 saturated carbocycles. The molecule has 0 aromatic carbocycles. The molecular formula is C7H12N4O2. The maximum atomic E-state index is 11.1. The molecule has 2 rings (SSSR count). The fourth-order valence-electron chi connectivity index (χ4n) is 1.31. The summed E-state index contributed by atoms with van der Waals surface area (Å²) in [5, 5.41) is 3.88. The van der Waals surface area contributed by atoms with Crippen LogP contribution in [0.25, 0.3) is 0 Å². The van der Waals surface area contributed by atoms with Crippen LogP contribution in [-0.2, 0) is 11.4 Å². The fourth-order valence-corrected chi connectivity index (χ4v) is 1.31. The highest BCUT2D eigenvalue weighted by atomic mass is 16.5. The van der Waals surface area contributed by atoms with Crippen LogP contribution in [0.3, 0.4) is 0 Å². The largest absolute Gasteiger partial charge is 0.379 e. The molecule has 6 heteroatoms. The van der Waals surface area contributed by atoms with Crippen molar-refractivity contribution in [2.45, 2.75) is 6.67 Å². The summed E-state index contributed by atoms with van der Waals surface area (Å²) >= 11 is 0. The lowest BCUT2D eigenvalue weighted by atomic mass is 10.4. The van der Waals surface area contributed by atoms with Gasteiger partial charge in [-0.1, -0.05) is 0 Å². The van der Waals surface area contributed by atoms with Crippen LogP contribution in [0.1, 0.15) is 0 Å². The van der Waals surface area contributed by atoms with E-state index in [1.54, 1.807) is 0 Å². The van der Waals surface area contributed by atoms with Crippen LogP contribution >= 0.6 is 0 Å². The van der Waals surface area contributed by atoms with Crippen LogP contribution in [0.5, 0.6) is 0 Å². The predicted octanol–water partition coefficient (Wildman–Crippen LogP) is -1.14. The first kappa shape index (κ1) is 8.46. The van der Waals surface area contributed by atoms with Crippen molar-refractivity contribution < 1.29 is 4.74 Å². The minimum atomic E-state index is -0.161. The second kappa shape index (κ2) is 3.71. The molecule has 0 bridgehead atoms. The number of hydrogen-bond donors (Lipinski definition) is 1. The van der Waals surface area contributed by atoms with Crippen molar-refractivity contribution in [2.24, 2.45) is 0 Å². The molecule has 0 atom stereocenters. The molecule has 0 unspecified atom stereocenters. The maximum absolute atomic E-state index is 11.1. The van der Waals surface area contributed by atoms with Crippen molar-refractivity contribution in [1.29, 1.82) is 0 Å². The topological polar surface area (TPSA) is 63.2 Å². The van der Waals surface area contributed by atoms with Crippen molar-refractivity contribution in [3.8, 4) is 0 Å². The van der Waals surface area contributed by atoms with Crippen LogP contribution in [0.2, 0.25) is 0 Å². The lowest BCUT2D eigenvalue weighted by Gasteiger charge is -2.25. The summed E-state index contributed by atoms with van der Waals surface area (Å²) in [7, 11) is 0. The zero-order valence-corrected chi connectivity index (χ0v) is 7.27. The van der Waals surface area contributed by atoms with Gasteiger partial charge in [-0.15, -0.1) is 0 Å². The zero-order chi connectivity index (χ0) is 9.10. The fraction of sp³-hybridized carbons (Fsp3) is 0.714. The molecular weight excluding hydrogens is 172 g/mol. The highest BCUT2D eigenvalue weighted by molar-refractivity contribution is 4.63. The van der Waals surface area contributed by atoms with Crippen LogP contribution in [0.15, 0.2) is 11.1 Å². The minimum absolute atomic E-state index is 0.161. The van der Waals surface area contributed by atoms with Gasteiger partial charge in [0.05, 0.1) is 19.9 Å². The van der Waals surface area contributed by atoms with E-state index >= 15 is 0 Å². The summed E-state index contributed by atoms with van der Waals surface area (Å²) in [4.78, 5) is 15.7. The first-order valence-electron chi connectivity index (χ1n) is 4.27. The van der Waals surface area contributed by atoms with Crippen LogP contribution in [0.4, 0.5) is 0 Å². The Labute approximate surface area is 75.1 Å². The van der Waals surface area contributed by atoms with Crippen molar-refractivity contribution >= 4 is 0 Å². The SMILES string of the molecule is O=c1[nH]cnn1CN1CCOCC1. The summed E-state index contributed by atoms with van der Waals surface area (Å²) in [5.74, 6) is 0. The number of aromatic amines is 1. The van der Waals surface area contributed by atoms with Crippen molar-refractivity contribution in [3.05, 3.63) is 16.8 Å². The summed E-state index contributed by atoms with van der Waals surface area (Å²) in [5.41, 5.74) is -0.161. The molecule has 13 heavy (non-hydrogen) atoms. The minimum Gasteiger partial charge on any atom is -0.379 e. The maximum Gasteiger partial charge on any atom is 0.344 e. The second-order valence-corrected chi connectivity index (χ2v) is 2.97. The molecule has 1 aromatic rings. The Morgan fingerprint density at radius 2 is 2.31 bits per heavy atom. The summed E-state index contributed by atoms with van der Waals surface area (Å²) in [6.07, 6.45) is 1.41. The molecule has 0 radical (unpaired) electrons. The number of nitrogens with zero attached hydrogens (tertiary/aromatic N) is 3. The van der Waals surface area contributed by atoms with E-state index in [4.69, 9.17) is 4.74 Å². The van der Waals surface area contributed by atoms with E-state index in [-0.39, 0.29) is 5.69 Å². The van der Waals surface area contributed by atoms with Gasteiger partial charge in [-0.05, 0) is 0 Å². The van der Waals surface area contributed by atoms with E-state index in [0.29, 0.717) is 6.67 Å². The Balaban J connectivity index is 1.97. The van der Waals surface area contributed by atoms with Gasteiger partial charge in [0.2, 0.25) is 0 Å². The number of hydrogen-bond acceptors (Lipinski definition) is 4. The second-order valence-electron chi connectivity index (χ2n) is 2.97. The van der Waals surface area contributed by atoms with Gasteiger partial charge in [0.15, 0.2) is 0 Å². The summed E-state index contributed by atoms with van der Waals surface area (Å²) < 4.78 is 6.60. The highest BCUT2D eigenvalue weighted by Crippen LogP contribution is 1.96. The van der Waals surface area contributed by atoms with Gasteiger partial charge in [0, 0.05) is 13.1 Å². The molecule has 1 saturated heterocycles. The predicted molar refractivity (Wildman–Crippen MR) is 45.2 cm³/mol. The van der Waals surface area contributed by atoms with E-state index in [2.05, 4.69) is 15.0 Å². The molecule has 1 aliphatic rings. The molecule has 1 fully saturated rings. The molecule has 1 aliphatic heterocycles. The van der Waals surface area contributed by atoms with E-state index < -0.39 is 0 Å². The summed E-state index contributed by atoms with van der Waals surface area (Å²) in [6, 6.07) is 0. The van der Waals surface area contributed by atoms with Crippen molar-refractivity contribution in [3.63, 3.8) is 0 Å². The van der Waals surface area contributed by atoms with Gasteiger partial charge in [-0.2, -0.15) is 9.78 Å². The van der Waals surface area contributed by atoms with Crippen LogP contribution in [0, 0.1) is 0 Å². The number of ether oxygens (including phenoxy) is 1. The molecule has 1 aromatic heterocycles. The van der Waals surface area contributed by atoms with Crippen molar-refractivity contribution in [1.82, 2.24) is 19.7 Å². The Bertz CT molecular complexity index is 312. The third-order valence-electron chi connectivity index (χ3n) is 2.06. The van der Waals surface area contributed by atoms with Gasteiger partial charge in [-0.3, -0.25) is 9.88 Å². The number of H-pyrrole nitrogens is 1. The van der Waals surface area contributed by atoms with Gasteiger partial charge in [-0.25, -0.2) is 4.79 Å². The van der Waals surface area contributed by atoms with Crippen LogP contribution < -0.4 is 5.69 Å². The van der Waals surface area contributed by atoms with Gasteiger partial charge in [0.25, 0.3) is 0 Å². The lowest BCUT2D eigenvalue weighted by Crippen LogP contribution is -2.39. The molecule has 2 heterocycles. The number of rotatable bonds is 2. The third kappa shape index (κ3) is 1.96. The van der Waals surface area contributed by atoms with Gasteiger partial charge in [0.1, 0.15) is 6.33 Å². The number of morpholine rings is 1. The Kier molecular flexibility index (Phi) is 2.42. The molecule has 72 valence electrons. The average molecular weight is 184 g/mol. The van der Waals surface area contributed by atoms with Gasteiger partial charge < -0.3 is 4.74 Å². The quantitative estimate of drug-likeness (QED) is 0.631. The molecule has 1 N–H and O–H groups in total. The number of aromatic nitrogens is 3.